The predicted octanol–water partition coefficient (Wildman–Crippen LogP) is 1.60. The number of nitrogens with one attached hydrogen (secondary N) is 1. The summed E-state index contributed by atoms with van der Waals surface area (Å²) in [6, 6.07) is 1.97. The van der Waals surface area contributed by atoms with Crippen LogP contribution >= 0.6 is 23.1 Å². The number of nitrogens with zero attached hydrogens (tertiary/aromatic N) is 1. The molecule has 1 aliphatic heterocycles. The highest BCUT2D eigenvalue weighted by molar-refractivity contribution is 7.99. The second-order valence-electron chi connectivity index (χ2n) is 4.58. The number of thioether (sulfide) groups is 1. The molecule has 100 valence electrons. The van der Waals surface area contributed by atoms with Crippen LogP contribution in [-0.4, -0.2) is 34.9 Å². The highest BCUT2D eigenvalue weighted by Gasteiger charge is 2.19. The zero-order valence-corrected chi connectivity index (χ0v) is 12.4. The van der Waals surface area contributed by atoms with Crippen LogP contribution in [0.25, 0.3) is 0 Å². The van der Waals surface area contributed by atoms with Crippen molar-refractivity contribution in [2.24, 2.45) is 5.84 Å². The van der Waals surface area contributed by atoms with Crippen LogP contribution in [-0.2, 0) is 6.54 Å². The number of hydrogen-bond donors (Lipinski definition) is 2. The molecule has 1 amide bonds. The Kier molecular flexibility index (Phi) is 4.66. The third-order valence-electron chi connectivity index (χ3n) is 3.09. The summed E-state index contributed by atoms with van der Waals surface area (Å²) in [4.78, 5) is 15.8. The summed E-state index contributed by atoms with van der Waals surface area (Å²) in [5.74, 6) is 6.16. The number of thiophene rings is 1. The number of nitrogens with two attached hydrogens (primary N) is 1. The number of amides is 1. The maximum Gasteiger partial charge on any atom is 0.275 e. The fourth-order valence-electron chi connectivity index (χ4n) is 2.13. The van der Waals surface area contributed by atoms with Gasteiger partial charge < -0.3 is 0 Å². The van der Waals surface area contributed by atoms with Gasteiger partial charge in [0.05, 0.1) is 4.88 Å². The van der Waals surface area contributed by atoms with Gasteiger partial charge in [0, 0.05) is 35.5 Å². The number of carbonyl (C=O) groups is 1. The Labute approximate surface area is 116 Å². The van der Waals surface area contributed by atoms with E-state index in [4.69, 9.17) is 5.84 Å². The molecule has 0 radical (unpaired) electrons. The van der Waals surface area contributed by atoms with E-state index < -0.39 is 0 Å². The number of hydrogen-bond acceptors (Lipinski definition) is 5. The molecule has 1 aromatic heterocycles. The molecule has 18 heavy (non-hydrogen) atoms. The van der Waals surface area contributed by atoms with Gasteiger partial charge in [-0.05, 0) is 18.6 Å². The monoisotopic (exact) mass is 285 g/mol. The topological polar surface area (TPSA) is 58.4 Å². The first-order chi connectivity index (χ1) is 8.60. The number of rotatable bonds is 3. The second kappa shape index (κ2) is 6.06. The molecule has 1 atom stereocenters. The summed E-state index contributed by atoms with van der Waals surface area (Å²) >= 11 is 3.54. The number of nitrogen functional groups attached to an aromatic ring is 1. The number of carbonyl (C=O) groups excluding carboxylic acids is 1. The second-order valence-corrected chi connectivity index (χ2v) is 7.38. The fourth-order valence-corrected chi connectivity index (χ4v) is 4.15. The van der Waals surface area contributed by atoms with Gasteiger partial charge in [0.2, 0.25) is 0 Å². The van der Waals surface area contributed by atoms with Crippen molar-refractivity contribution in [3.8, 4) is 0 Å². The minimum absolute atomic E-state index is 0.197. The van der Waals surface area contributed by atoms with Crippen LogP contribution in [0.4, 0.5) is 0 Å². The van der Waals surface area contributed by atoms with Crippen molar-refractivity contribution >= 4 is 29.0 Å². The smallest absolute Gasteiger partial charge is 0.275 e. The normalized spacial score (nSPS) is 20.9. The lowest BCUT2D eigenvalue weighted by Crippen LogP contribution is -2.36. The van der Waals surface area contributed by atoms with E-state index in [9.17, 15) is 4.79 Å². The Morgan fingerprint density at radius 2 is 2.44 bits per heavy atom. The molecule has 0 aliphatic carbocycles. The Bertz CT molecular complexity index is 433. The first-order valence-electron chi connectivity index (χ1n) is 6.04. The van der Waals surface area contributed by atoms with E-state index in [2.05, 4.69) is 24.2 Å². The minimum Gasteiger partial charge on any atom is -0.297 e. The van der Waals surface area contributed by atoms with Gasteiger partial charge in [-0.3, -0.25) is 15.1 Å². The Balaban J connectivity index is 2.04. The summed E-state index contributed by atoms with van der Waals surface area (Å²) in [7, 11) is 0. The van der Waals surface area contributed by atoms with Crippen molar-refractivity contribution in [3.63, 3.8) is 0 Å². The summed E-state index contributed by atoms with van der Waals surface area (Å²) in [6.07, 6.45) is 0. The number of aryl methyl sites for hydroxylation is 1. The lowest BCUT2D eigenvalue weighted by molar-refractivity contribution is 0.0957. The van der Waals surface area contributed by atoms with Gasteiger partial charge >= 0.3 is 0 Å². The van der Waals surface area contributed by atoms with Gasteiger partial charge in [-0.25, -0.2) is 5.84 Å². The van der Waals surface area contributed by atoms with E-state index in [1.54, 1.807) is 0 Å². The van der Waals surface area contributed by atoms with Crippen molar-refractivity contribution in [1.29, 1.82) is 0 Å². The molecule has 0 spiro atoms. The van der Waals surface area contributed by atoms with E-state index >= 15 is 0 Å². The first kappa shape index (κ1) is 13.9. The van der Waals surface area contributed by atoms with Gasteiger partial charge in [-0.2, -0.15) is 11.8 Å². The molecule has 2 rings (SSSR count). The Morgan fingerprint density at radius 3 is 3.11 bits per heavy atom. The molecule has 2 heterocycles. The zero-order valence-electron chi connectivity index (χ0n) is 10.7. The van der Waals surface area contributed by atoms with E-state index in [0.717, 1.165) is 19.6 Å². The molecule has 1 saturated heterocycles. The van der Waals surface area contributed by atoms with Gasteiger partial charge in [-0.1, -0.05) is 6.92 Å². The molecule has 1 aliphatic rings. The summed E-state index contributed by atoms with van der Waals surface area (Å²) < 4.78 is 0. The van der Waals surface area contributed by atoms with E-state index in [0.29, 0.717) is 10.1 Å². The van der Waals surface area contributed by atoms with Crippen LogP contribution < -0.4 is 11.3 Å². The molecule has 1 fully saturated rings. The average molecular weight is 285 g/mol. The largest absolute Gasteiger partial charge is 0.297 e. The lowest BCUT2D eigenvalue weighted by atomic mass is 10.2. The van der Waals surface area contributed by atoms with Crippen LogP contribution in [0.3, 0.4) is 0 Å². The third kappa shape index (κ3) is 3.26. The molecule has 0 bridgehead atoms. The molecule has 3 N–H and O–H groups in total. The van der Waals surface area contributed by atoms with Crippen molar-refractivity contribution in [1.82, 2.24) is 10.3 Å². The maximum atomic E-state index is 11.5. The highest BCUT2D eigenvalue weighted by atomic mass is 32.2. The quantitative estimate of drug-likeness (QED) is 0.503. The van der Waals surface area contributed by atoms with Gasteiger partial charge in [-0.15, -0.1) is 11.3 Å². The number of hydrazine groups is 1. The van der Waals surface area contributed by atoms with Crippen molar-refractivity contribution in [2.45, 2.75) is 25.6 Å². The molecule has 1 unspecified atom stereocenters. The average Bonchev–Trinajstić information content (AvgIpc) is 2.70. The Hall–Kier alpha value is -0.560. The SMILES string of the molecule is Cc1sc(C(=O)NN)cc1CN1CCSC(C)C1. The Morgan fingerprint density at radius 1 is 1.67 bits per heavy atom. The zero-order chi connectivity index (χ0) is 13.1. The van der Waals surface area contributed by atoms with Crippen LogP contribution in [0.5, 0.6) is 0 Å². The lowest BCUT2D eigenvalue weighted by Gasteiger charge is -2.30. The van der Waals surface area contributed by atoms with E-state index in [1.165, 1.54) is 27.5 Å². The molecule has 0 aromatic carbocycles. The maximum absolute atomic E-state index is 11.5. The van der Waals surface area contributed by atoms with Gasteiger partial charge in [0.15, 0.2) is 0 Å². The molecular formula is C12H19N3OS2. The van der Waals surface area contributed by atoms with Crippen molar-refractivity contribution < 1.29 is 4.79 Å². The van der Waals surface area contributed by atoms with E-state index in [1.807, 2.05) is 17.8 Å². The highest BCUT2D eigenvalue weighted by Crippen LogP contribution is 2.25. The fraction of sp³-hybridized carbons (Fsp3) is 0.583. The van der Waals surface area contributed by atoms with Crippen LogP contribution in [0.15, 0.2) is 6.07 Å². The van der Waals surface area contributed by atoms with Crippen LogP contribution in [0.1, 0.15) is 27.0 Å². The van der Waals surface area contributed by atoms with Gasteiger partial charge in [0.25, 0.3) is 5.91 Å². The molecule has 4 nitrogen and oxygen atoms in total. The molecular weight excluding hydrogens is 266 g/mol. The summed E-state index contributed by atoms with van der Waals surface area (Å²) in [5, 5.41) is 0.699. The summed E-state index contributed by atoms with van der Waals surface area (Å²) in [6.45, 7) is 7.52. The van der Waals surface area contributed by atoms with E-state index in [-0.39, 0.29) is 5.91 Å². The summed E-state index contributed by atoms with van der Waals surface area (Å²) in [5.41, 5.74) is 3.43. The van der Waals surface area contributed by atoms with Crippen LogP contribution in [0.2, 0.25) is 0 Å². The minimum atomic E-state index is -0.197. The molecule has 0 saturated carbocycles. The first-order valence-corrected chi connectivity index (χ1v) is 7.91. The van der Waals surface area contributed by atoms with Crippen molar-refractivity contribution in [2.75, 3.05) is 18.8 Å². The van der Waals surface area contributed by atoms with Gasteiger partial charge in [0.1, 0.15) is 0 Å². The third-order valence-corrected chi connectivity index (χ3v) is 5.32. The van der Waals surface area contributed by atoms with Crippen molar-refractivity contribution in [3.05, 3.63) is 21.4 Å². The molecule has 1 aromatic rings. The predicted molar refractivity (Wildman–Crippen MR) is 77.9 cm³/mol. The van der Waals surface area contributed by atoms with Crippen LogP contribution in [0, 0.1) is 6.92 Å². The standard InChI is InChI=1S/C12H19N3OS2/c1-8-6-15(3-4-17-8)7-10-5-11(12(16)14-13)18-9(10)2/h5,8H,3-4,6-7,13H2,1-2H3,(H,14,16). The molecule has 6 heteroatoms.